The van der Waals surface area contributed by atoms with Crippen molar-refractivity contribution in [2.24, 2.45) is 0 Å². The summed E-state index contributed by atoms with van der Waals surface area (Å²) in [5, 5.41) is 23.8. The normalized spacial score (nSPS) is 11.9. The van der Waals surface area contributed by atoms with Crippen molar-refractivity contribution in [2.75, 3.05) is 17.3 Å². The molecule has 3 N–H and O–H groups in total. The molecule has 0 aliphatic heterocycles. The first-order valence-electron chi connectivity index (χ1n) is 10.8. The van der Waals surface area contributed by atoms with Gasteiger partial charge in [-0.2, -0.15) is 10.2 Å². The molecule has 3 aromatic heterocycles. The number of aromatic hydroxyl groups is 1. The molecule has 0 bridgehead atoms. The number of aromatic amines is 1. The van der Waals surface area contributed by atoms with Gasteiger partial charge < -0.3 is 15.3 Å². The average Bonchev–Trinajstić information content (AvgIpc) is 3.53. The van der Waals surface area contributed by atoms with Crippen molar-refractivity contribution < 1.29 is 9.90 Å². The van der Waals surface area contributed by atoms with Crippen molar-refractivity contribution in [1.82, 2.24) is 24.8 Å². The number of hydrogen-bond acceptors (Lipinski definition) is 6. The molecule has 0 aliphatic carbocycles. The minimum atomic E-state index is -0.401. The van der Waals surface area contributed by atoms with Gasteiger partial charge >= 0.3 is 0 Å². The number of nitrogens with zero attached hydrogens (tertiary/aromatic N) is 5. The third-order valence-electron chi connectivity index (χ3n) is 5.77. The van der Waals surface area contributed by atoms with Crippen molar-refractivity contribution in [1.29, 1.82) is 0 Å². The van der Waals surface area contributed by atoms with E-state index >= 15 is 0 Å². The van der Waals surface area contributed by atoms with Crippen LogP contribution in [0.1, 0.15) is 29.0 Å². The van der Waals surface area contributed by atoms with Crippen LogP contribution >= 0.6 is 0 Å². The Hall–Kier alpha value is -4.66. The largest absolute Gasteiger partial charge is 0.508 e. The Balaban J connectivity index is 1.55. The quantitative estimate of drug-likeness (QED) is 0.354. The van der Waals surface area contributed by atoms with Crippen LogP contribution in [0.3, 0.4) is 0 Å². The van der Waals surface area contributed by atoms with Crippen LogP contribution in [-0.4, -0.2) is 42.9 Å². The molecule has 0 fully saturated rings. The van der Waals surface area contributed by atoms with Gasteiger partial charge in [-0.15, -0.1) is 0 Å². The fourth-order valence-electron chi connectivity index (χ4n) is 3.78. The minimum absolute atomic E-state index is 0.0666. The van der Waals surface area contributed by atoms with Crippen molar-refractivity contribution in [3.63, 3.8) is 0 Å². The van der Waals surface area contributed by atoms with Gasteiger partial charge in [-0.1, -0.05) is 36.4 Å². The molecule has 1 amide bonds. The number of H-pyrrole nitrogens is 1. The Bertz CT molecular complexity index is 1450. The smallest absolute Gasteiger partial charge is 0.276 e. The van der Waals surface area contributed by atoms with Crippen molar-refractivity contribution in [3.8, 4) is 17.0 Å². The first-order chi connectivity index (χ1) is 16.5. The van der Waals surface area contributed by atoms with Crippen molar-refractivity contribution in [2.45, 2.75) is 13.0 Å². The van der Waals surface area contributed by atoms with Crippen LogP contribution in [0.25, 0.3) is 16.9 Å². The summed E-state index contributed by atoms with van der Waals surface area (Å²) in [5.74, 6) is 0.402. The Morgan fingerprint density at radius 1 is 1.12 bits per heavy atom. The molecule has 0 unspecified atom stereocenters. The summed E-state index contributed by atoms with van der Waals surface area (Å²) in [6, 6.07) is 20.2. The van der Waals surface area contributed by atoms with Gasteiger partial charge in [-0.3, -0.25) is 9.89 Å². The monoisotopic (exact) mass is 453 g/mol. The van der Waals surface area contributed by atoms with Gasteiger partial charge in [0.05, 0.1) is 17.9 Å². The fraction of sp³-hybridized carbons (Fsp3) is 0.120. The number of carbonyl (C=O) groups excluding carboxylic acids is 1. The van der Waals surface area contributed by atoms with Gasteiger partial charge in [0.15, 0.2) is 11.3 Å². The predicted octanol–water partition coefficient (Wildman–Crippen LogP) is 4.27. The maximum absolute atomic E-state index is 12.9. The van der Waals surface area contributed by atoms with Crippen LogP contribution in [0, 0.1) is 0 Å². The van der Waals surface area contributed by atoms with E-state index in [4.69, 9.17) is 4.98 Å². The van der Waals surface area contributed by atoms with Gasteiger partial charge in [0, 0.05) is 42.7 Å². The first kappa shape index (κ1) is 21.2. The predicted molar refractivity (Wildman–Crippen MR) is 130 cm³/mol. The Morgan fingerprint density at radius 3 is 2.68 bits per heavy atom. The number of nitrogens with one attached hydrogen (secondary N) is 2. The summed E-state index contributed by atoms with van der Waals surface area (Å²) < 4.78 is 1.63. The first-order valence-corrected chi connectivity index (χ1v) is 10.8. The summed E-state index contributed by atoms with van der Waals surface area (Å²) in [4.78, 5) is 19.8. The lowest BCUT2D eigenvalue weighted by atomic mass is 10.1. The van der Waals surface area contributed by atoms with Gasteiger partial charge in [-0.25, -0.2) is 9.50 Å². The maximum Gasteiger partial charge on any atom is 0.276 e. The van der Waals surface area contributed by atoms with E-state index in [0.717, 1.165) is 22.6 Å². The van der Waals surface area contributed by atoms with Crippen LogP contribution in [-0.2, 0) is 0 Å². The highest BCUT2D eigenvalue weighted by Crippen LogP contribution is 2.29. The number of benzene rings is 2. The summed E-state index contributed by atoms with van der Waals surface area (Å²) in [6.45, 7) is 2.11. The Kier molecular flexibility index (Phi) is 5.43. The summed E-state index contributed by atoms with van der Waals surface area (Å²) in [5.41, 5.74) is 3.94. The van der Waals surface area contributed by atoms with Crippen LogP contribution in [0.5, 0.6) is 5.75 Å². The summed E-state index contributed by atoms with van der Waals surface area (Å²) in [7, 11) is 1.99. The molecular formula is C25H23N7O2. The van der Waals surface area contributed by atoms with E-state index in [2.05, 4.69) is 44.6 Å². The second-order valence-electron chi connectivity index (χ2n) is 7.99. The highest BCUT2D eigenvalue weighted by Gasteiger charge is 2.20. The molecular weight excluding hydrogens is 430 g/mol. The van der Waals surface area contributed by atoms with Gasteiger partial charge in [-0.05, 0) is 24.6 Å². The molecule has 0 saturated carbocycles. The highest BCUT2D eigenvalue weighted by atomic mass is 16.3. The third-order valence-corrected chi connectivity index (χ3v) is 5.77. The molecule has 5 aromatic rings. The van der Waals surface area contributed by atoms with Crippen LogP contribution < -0.4 is 10.2 Å². The molecule has 0 radical (unpaired) electrons. The molecule has 170 valence electrons. The summed E-state index contributed by atoms with van der Waals surface area (Å²) >= 11 is 0. The Labute approximate surface area is 195 Å². The van der Waals surface area contributed by atoms with E-state index < -0.39 is 5.91 Å². The molecule has 1 atom stereocenters. The van der Waals surface area contributed by atoms with E-state index in [9.17, 15) is 9.90 Å². The number of rotatable bonds is 6. The zero-order valence-corrected chi connectivity index (χ0v) is 18.7. The van der Waals surface area contributed by atoms with Gasteiger partial charge in [0.2, 0.25) is 0 Å². The number of hydrogen-bond donors (Lipinski definition) is 3. The molecule has 0 aliphatic rings. The second kappa shape index (κ2) is 8.70. The number of fused-ring (bicyclic) bond motifs is 1. The highest BCUT2D eigenvalue weighted by molar-refractivity contribution is 6.03. The van der Waals surface area contributed by atoms with Crippen molar-refractivity contribution >= 4 is 23.1 Å². The fourth-order valence-corrected chi connectivity index (χ4v) is 3.78. The van der Waals surface area contributed by atoms with Crippen LogP contribution in [0.4, 0.5) is 11.5 Å². The lowest BCUT2D eigenvalue weighted by Crippen LogP contribution is -2.23. The number of phenolic OH excluding ortho intramolecular Hbond substituents is 1. The number of aromatic nitrogens is 5. The second-order valence-corrected chi connectivity index (χ2v) is 7.99. The molecule has 5 rings (SSSR count). The average molecular weight is 454 g/mol. The zero-order valence-electron chi connectivity index (χ0n) is 18.7. The lowest BCUT2D eigenvalue weighted by molar-refractivity contribution is 0.102. The Morgan fingerprint density at radius 2 is 1.94 bits per heavy atom. The SMILES string of the molecule is C[C@@H](c1ccccc1)N(C)c1cc(-c2cn[nH]c2)n2nc(C(=O)Nc3cccc(O)c3)cc2n1. The van der Waals surface area contributed by atoms with E-state index in [1.807, 2.05) is 31.3 Å². The molecule has 0 saturated heterocycles. The van der Waals surface area contributed by atoms with Crippen LogP contribution in [0.2, 0.25) is 0 Å². The topological polar surface area (TPSA) is 111 Å². The molecule has 0 spiro atoms. The van der Waals surface area contributed by atoms with Gasteiger partial charge in [0.25, 0.3) is 5.91 Å². The standard InChI is InChI=1S/C25H23N7O2/c1-16(17-7-4-3-5-8-17)31(2)23-13-22(18-14-26-27-15-18)32-24(29-23)12-21(30-32)25(34)28-19-9-6-10-20(33)11-19/h3-16,33H,1-2H3,(H,26,27)(H,28,34)/t16-/m0/s1. The molecule has 9 nitrogen and oxygen atoms in total. The zero-order chi connectivity index (χ0) is 23.7. The number of phenols is 1. The molecule has 9 heteroatoms. The number of amides is 1. The summed E-state index contributed by atoms with van der Waals surface area (Å²) in [6.07, 6.45) is 3.47. The van der Waals surface area contributed by atoms with E-state index in [-0.39, 0.29) is 17.5 Å². The number of anilines is 2. The third kappa shape index (κ3) is 4.06. The van der Waals surface area contributed by atoms with Crippen LogP contribution in [0.15, 0.2) is 79.1 Å². The van der Waals surface area contributed by atoms with Crippen molar-refractivity contribution in [3.05, 3.63) is 90.4 Å². The van der Waals surface area contributed by atoms with Gasteiger partial charge in [0.1, 0.15) is 11.6 Å². The lowest BCUT2D eigenvalue weighted by Gasteiger charge is -2.27. The molecule has 2 aromatic carbocycles. The molecule has 3 heterocycles. The number of carbonyl (C=O) groups is 1. The maximum atomic E-state index is 12.9. The van der Waals surface area contributed by atoms with E-state index in [0.29, 0.717) is 11.3 Å². The molecule has 34 heavy (non-hydrogen) atoms. The minimum Gasteiger partial charge on any atom is -0.508 e. The van der Waals surface area contributed by atoms with E-state index in [1.165, 1.54) is 12.1 Å². The van der Waals surface area contributed by atoms with E-state index in [1.54, 1.807) is 35.1 Å².